The van der Waals surface area contributed by atoms with Gasteiger partial charge in [0.2, 0.25) is 11.7 Å². The highest BCUT2D eigenvalue weighted by molar-refractivity contribution is 7.98. The number of hydrogen-bond acceptors (Lipinski definition) is 7. The lowest BCUT2D eigenvalue weighted by atomic mass is 10.2. The van der Waals surface area contributed by atoms with E-state index in [1.807, 2.05) is 49.5 Å². The molecule has 0 atom stereocenters. The number of benzene rings is 2. The van der Waals surface area contributed by atoms with Crippen LogP contribution in [0.4, 0.5) is 0 Å². The van der Waals surface area contributed by atoms with Crippen LogP contribution in [0, 0.1) is 0 Å². The van der Waals surface area contributed by atoms with Crippen LogP contribution in [0.25, 0.3) is 22.4 Å². The summed E-state index contributed by atoms with van der Waals surface area (Å²) >= 11 is 1.56. The summed E-state index contributed by atoms with van der Waals surface area (Å²) in [6, 6.07) is 13.6. The molecule has 7 nitrogen and oxygen atoms in total. The van der Waals surface area contributed by atoms with Crippen molar-refractivity contribution in [1.29, 1.82) is 0 Å². The number of aryl methyl sites for hydroxylation is 1. The first-order chi connectivity index (χ1) is 13.2. The first kappa shape index (κ1) is 17.4. The quantitative estimate of drug-likeness (QED) is 0.468. The van der Waals surface area contributed by atoms with Gasteiger partial charge in [0, 0.05) is 12.6 Å². The highest BCUT2D eigenvalue weighted by atomic mass is 32.2. The van der Waals surface area contributed by atoms with E-state index in [-0.39, 0.29) is 0 Å². The topological polar surface area (TPSA) is 75.2 Å². The van der Waals surface area contributed by atoms with E-state index in [1.54, 1.807) is 26.0 Å². The summed E-state index contributed by atoms with van der Waals surface area (Å²) in [5, 5.41) is 4.98. The van der Waals surface area contributed by atoms with E-state index >= 15 is 0 Å². The summed E-state index contributed by atoms with van der Waals surface area (Å²) in [5.41, 5.74) is 2.87. The highest BCUT2D eigenvalue weighted by Crippen LogP contribution is 2.32. The number of fused-ring (bicyclic) bond motifs is 1. The second kappa shape index (κ2) is 7.32. The van der Waals surface area contributed by atoms with Crippen molar-refractivity contribution >= 4 is 22.8 Å². The largest absolute Gasteiger partial charge is 0.493 e. The Morgan fingerprint density at radius 1 is 1.04 bits per heavy atom. The minimum absolute atomic E-state index is 0.511. The molecule has 0 amide bonds. The first-order valence-electron chi connectivity index (χ1n) is 8.29. The molecule has 0 unspecified atom stereocenters. The lowest BCUT2D eigenvalue weighted by Crippen LogP contribution is -1.92. The zero-order chi connectivity index (χ0) is 18.8. The maximum absolute atomic E-state index is 5.39. The fraction of sp³-hybridized carbons (Fsp3) is 0.211. The van der Waals surface area contributed by atoms with Crippen molar-refractivity contribution in [2.24, 2.45) is 7.05 Å². The number of rotatable bonds is 6. The molecule has 138 valence electrons. The molecule has 0 bridgehead atoms. The van der Waals surface area contributed by atoms with Crippen molar-refractivity contribution in [2.45, 2.75) is 10.9 Å². The smallest absolute Gasteiger partial charge is 0.237 e. The number of imidazole rings is 1. The summed E-state index contributed by atoms with van der Waals surface area (Å²) in [6.07, 6.45) is 0. The number of methoxy groups -OCH3 is 2. The molecule has 2 aromatic heterocycles. The molecule has 0 saturated carbocycles. The van der Waals surface area contributed by atoms with Gasteiger partial charge in [-0.05, 0) is 30.3 Å². The number of ether oxygens (including phenoxy) is 2. The van der Waals surface area contributed by atoms with Crippen molar-refractivity contribution in [3.8, 4) is 22.9 Å². The molecule has 4 rings (SSSR count). The van der Waals surface area contributed by atoms with Gasteiger partial charge >= 0.3 is 0 Å². The van der Waals surface area contributed by atoms with Gasteiger partial charge in [0.1, 0.15) is 0 Å². The predicted molar refractivity (Wildman–Crippen MR) is 103 cm³/mol. The van der Waals surface area contributed by atoms with Crippen molar-refractivity contribution in [3.05, 3.63) is 48.4 Å². The van der Waals surface area contributed by atoms with E-state index in [2.05, 4.69) is 19.7 Å². The average Bonchev–Trinajstić information content (AvgIpc) is 3.31. The fourth-order valence-electron chi connectivity index (χ4n) is 2.78. The van der Waals surface area contributed by atoms with Crippen molar-refractivity contribution in [2.75, 3.05) is 14.2 Å². The molecular weight excluding hydrogens is 364 g/mol. The van der Waals surface area contributed by atoms with Crippen LogP contribution in [-0.4, -0.2) is 33.9 Å². The van der Waals surface area contributed by atoms with Gasteiger partial charge < -0.3 is 18.6 Å². The van der Waals surface area contributed by atoms with Gasteiger partial charge in [-0.3, -0.25) is 0 Å². The third kappa shape index (κ3) is 3.35. The predicted octanol–water partition coefficient (Wildman–Crippen LogP) is 3.93. The van der Waals surface area contributed by atoms with Crippen molar-refractivity contribution in [3.63, 3.8) is 0 Å². The third-order valence-corrected chi connectivity index (χ3v) is 5.20. The van der Waals surface area contributed by atoms with Crippen molar-refractivity contribution < 1.29 is 14.0 Å². The van der Waals surface area contributed by atoms with Gasteiger partial charge in [0.05, 0.1) is 31.0 Å². The Kier molecular flexibility index (Phi) is 4.72. The van der Waals surface area contributed by atoms with Crippen molar-refractivity contribution in [1.82, 2.24) is 19.7 Å². The zero-order valence-corrected chi connectivity index (χ0v) is 16.0. The minimum atomic E-state index is 0.511. The second-order valence-electron chi connectivity index (χ2n) is 5.81. The molecule has 0 N–H and O–H groups in total. The molecule has 4 aromatic rings. The Morgan fingerprint density at radius 3 is 2.63 bits per heavy atom. The zero-order valence-electron chi connectivity index (χ0n) is 15.2. The Morgan fingerprint density at radius 2 is 1.85 bits per heavy atom. The first-order valence-corrected chi connectivity index (χ1v) is 9.27. The maximum atomic E-state index is 5.39. The summed E-state index contributed by atoms with van der Waals surface area (Å²) < 4.78 is 18.0. The lowest BCUT2D eigenvalue weighted by molar-refractivity contribution is 0.355. The molecule has 0 aliphatic heterocycles. The van der Waals surface area contributed by atoms with E-state index in [0.717, 1.165) is 21.8 Å². The van der Waals surface area contributed by atoms with Crippen LogP contribution in [-0.2, 0) is 12.8 Å². The number of hydrogen-bond donors (Lipinski definition) is 0. The molecule has 8 heteroatoms. The molecule has 0 saturated heterocycles. The SMILES string of the molecule is COc1ccc(-c2noc(CSc3nc4ccccc4n3C)n2)cc1OC. The second-order valence-corrected chi connectivity index (χ2v) is 6.75. The van der Waals surface area contributed by atoms with Gasteiger partial charge in [-0.15, -0.1) is 0 Å². The van der Waals surface area contributed by atoms with Crippen LogP contribution in [0.15, 0.2) is 52.1 Å². The standard InChI is InChI=1S/C19H18N4O3S/c1-23-14-7-5-4-6-13(14)20-19(23)27-11-17-21-18(22-26-17)12-8-9-15(24-2)16(10-12)25-3/h4-10H,11H2,1-3H3. The van der Waals surface area contributed by atoms with E-state index in [4.69, 9.17) is 14.0 Å². The van der Waals surface area contributed by atoms with Gasteiger partial charge in [-0.1, -0.05) is 29.1 Å². The van der Waals surface area contributed by atoms with Crippen LogP contribution in [0.2, 0.25) is 0 Å². The number of nitrogens with zero attached hydrogens (tertiary/aromatic N) is 4. The van der Waals surface area contributed by atoms with Gasteiger partial charge in [-0.2, -0.15) is 4.98 Å². The van der Waals surface area contributed by atoms with Crippen LogP contribution in [0.3, 0.4) is 0 Å². The van der Waals surface area contributed by atoms with Gasteiger partial charge in [0.25, 0.3) is 0 Å². The number of para-hydroxylation sites is 2. The fourth-order valence-corrected chi connectivity index (χ4v) is 3.61. The summed E-state index contributed by atoms with van der Waals surface area (Å²) in [4.78, 5) is 9.12. The average molecular weight is 382 g/mol. The molecule has 0 aliphatic rings. The van der Waals surface area contributed by atoms with E-state index in [1.165, 1.54) is 0 Å². The minimum Gasteiger partial charge on any atom is -0.493 e. The molecule has 0 spiro atoms. The summed E-state index contributed by atoms with van der Waals surface area (Å²) in [6.45, 7) is 0. The molecule has 27 heavy (non-hydrogen) atoms. The Balaban J connectivity index is 1.52. The molecule has 2 aromatic carbocycles. The lowest BCUT2D eigenvalue weighted by Gasteiger charge is -2.07. The van der Waals surface area contributed by atoms with Crippen LogP contribution < -0.4 is 9.47 Å². The van der Waals surface area contributed by atoms with E-state index in [0.29, 0.717) is 29.0 Å². The van der Waals surface area contributed by atoms with Gasteiger partial charge in [0.15, 0.2) is 16.7 Å². The van der Waals surface area contributed by atoms with Crippen LogP contribution >= 0.6 is 11.8 Å². The normalized spacial score (nSPS) is 11.1. The number of thioether (sulfide) groups is 1. The Bertz CT molecular complexity index is 1090. The molecule has 0 fully saturated rings. The summed E-state index contributed by atoms with van der Waals surface area (Å²) in [5.74, 6) is 2.86. The molecular formula is C19H18N4O3S. The molecule has 2 heterocycles. The van der Waals surface area contributed by atoms with E-state index in [9.17, 15) is 0 Å². The molecule has 0 aliphatic carbocycles. The third-order valence-electron chi connectivity index (χ3n) is 4.18. The van der Waals surface area contributed by atoms with Crippen LogP contribution in [0.1, 0.15) is 5.89 Å². The number of aromatic nitrogens is 4. The maximum Gasteiger partial charge on any atom is 0.237 e. The highest BCUT2D eigenvalue weighted by Gasteiger charge is 2.14. The Hall–Kier alpha value is -3.00. The van der Waals surface area contributed by atoms with Crippen LogP contribution in [0.5, 0.6) is 11.5 Å². The molecule has 0 radical (unpaired) electrons. The Labute approximate surface area is 160 Å². The van der Waals surface area contributed by atoms with E-state index < -0.39 is 0 Å². The van der Waals surface area contributed by atoms with Gasteiger partial charge in [-0.25, -0.2) is 4.98 Å². The monoisotopic (exact) mass is 382 g/mol. The summed E-state index contributed by atoms with van der Waals surface area (Å²) in [7, 11) is 5.19.